The molecule has 0 atom stereocenters. The molecule has 31 heavy (non-hydrogen) atoms. The van der Waals surface area contributed by atoms with Crippen LogP contribution >= 0.6 is 11.5 Å². The Bertz CT molecular complexity index is 1010. The van der Waals surface area contributed by atoms with Crippen molar-refractivity contribution in [3.05, 3.63) is 59.7 Å². The number of benzene rings is 2. The van der Waals surface area contributed by atoms with Crippen LogP contribution in [-0.4, -0.2) is 36.6 Å². The molecule has 3 aromatic rings. The lowest BCUT2D eigenvalue weighted by Crippen LogP contribution is -2.35. The van der Waals surface area contributed by atoms with Crippen LogP contribution in [0.1, 0.15) is 24.0 Å². The second-order valence-electron chi connectivity index (χ2n) is 8.02. The van der Waals surface area contributed by atoms with Crippen LogP contribution in [0.25, 0.3) is 21.7 Å². The molecule has 5 nitrogen and oxygen atoms in total. The Morgan fingerprint density at radius 1 is 1.06 bits per heavy atom. The first-order valence-electron chi connectivity index (χ1n) is 10.7. The molecule has 6 heteroatoms. The van der Waals surface area contributed by atoms with Gasteiger partial charge in [-0.25, -0.2) is 0 Å². The number of aryl methyl sites for hydroxylation is 1. The Balaban J connectivity index is 1.33. The van der Waals surface area contributed by atoms with Crippen molar-refractivity contribution in [2.45, 2.75) is 26.7 Å². The normalized spacial score (nSPS) is 14.4. The SMILES string of the molecule is Cc1ccc(-c2snc(-c3ccc(OCC(=O)NCC4CCOCC4)cc3)c2C)cc1. The molecule has 0 unspecified atom stereocenters. The molecule has 0 aliphatic carbocycles. The summed E-state index contributed by atoms with van der Waals surface area (Å²) in [4.78, 5) is 13.3. The maximum Gasteiger partial charge on any atom is 0.257 e. The molecule has 1 aromatic heterocycles. The largest absolute Gasteiger partial charge is 0.484 e. The minimum atomic E-state index is -0.0892. The Morgan fingerprint density at radius 3 is 2.45 bits per heavy atom. The molecular formula is C25H28N2O3S. The predicted octanol–water partition coefficient (Wildman–Crippen LogP) is 5.02. The number of nitrogens with one attached hydrogen (secondary N) is 1. The molecule has 0 radical (unpaired) electrons. The summed E-state index contributed by atoms with van der Waals surface area (Å²) in [5.74, 6) is 1.09. The third kappa shape index (κ3) is 5.51. The topological polar surface area (TPSA) is 60.5 Å². The molecular weight excluding hydrogens is 408 g/mol. The Kier molecular flexibility index (Phi) is 6.99. The molecule has 162 valence electrons. The fourth-order valence-corrected chi connectivity index (χ4v) is 4.60. The molecule has 2 heterocycles. The minimum absolute atomic E-state index is 0.0237. The van der Waals surface area contributed by atoms with Gasteiger partial charge in [0.25, 0.3) is 5.91 Å². The van der Waals surface area contributed by atoms with Gasteiger partial charge in [-0.15, -0.1) is 0 Å². The summed E-state index contributed by atoms with van der Waals surface area (Å²) in [5.41, 5.74) is 5.65. The van der Waals surface area contributed by atoms with Gasteiger partial charge >= 0.3 is 0 Å². The molecule has 2 aromatic carbocycles. The molecule has 1 aliphatic rings. The molecule has 4 rings (SSSR count). The zero-order valence-electron chi connectivity index (χ0n) is 18.0. The van der Waals surface area contributed by atoms with Gasteiger partial charge in [-0.2, -0.15) is 4.37 Å². The summed E-state index contributed by atoms with van der Waals surface area (Å²) < 4.78 is 15.7. The van der Waals surface area contributed by atoms with E-state index in [-0.39, 0.29) is 12.5 Å². The van der Waals surface area contributed by atoms with Crippen LogP contribution < -0.4 is 10.1 Å². The van der Waals surface area contributed by atoms with Gasteiger partial charge in [0.05, 0.1) is 10.6 Å². The average Bonchev–Trinajstić information content (AvgIpc) is 3.19. The highest BCUT2D eigenvalue weighted by molar-refractivity contribution is 7.10. The lowest BCUT2D eigenvalue weighted by molar-refractivity contribution is -0.123. The summed E-state index contributed by atoms with van der Waals surface area (Å²) in [6, 6.07) is 16.3. The minimum Gasteiger partial charge on any atom is -0.484 e. The van der Waals surface area contributed by atoms with E-state index in [9.17, 15) is 4.79 Å². The van der Waals surface area contributed by atoms with Gasteiger partial charge in [0.15, 0.2) is 6.61 Å². The van der Waals surface area contributed by atoms with Crippen LogP contribution in [0.5, 0.6) is 5.75 Å². The quantitative estimate of drug-likeness (QED) is 0.565. The van der Waals surface area contributed by atoms with Crippen LogP contribution in [0.2, 0.25) is 0 Å². The molecule has 1 aliphatic heterocycles. The molecule has 0 spiro atoms. The number of hydrogen-bond acceptors (Lipinski definition) is 5. The van der Waals surface area contributed by atoms with Crippen molar-refractivity contribution in [3.8, 4) is 27.4 Å². The monoisotopic (exact) mass is 436 g/mol. The van der Waals surface area contributed by atoms with E-state index >= 15 is 0 Å². The van der Waals surface area contributed by atoms with Crippen molar-refractivity contribution in [2.24, 2.45) is 5.92 Å². The summed E-state index contributed by atoms with van der Waals surface area (Å²) in [6.07, 6.45) is 2.01. The van der Waals surface area contributed by atoms with Gasteiger partial charge in [0.1, 0.15) is 5.75 Å². The number of carbonyl (C=O) groups is 1. The second-order valence-corrected chi connectivity index (χ2v) is 8.80. The lowest BCUT2D eigenvalue weighted by atomic mass is 10.0. The summed E-state index contributed by atoms with van der Waals surface area (Å²) in [6.45, 7) is 6.49. The van der Waals surface area contributed by atoms with Gasteiger partial charge in [-0.1, -0.05) is 29.8 Å². The van der Waals surface area contributed by atoms with E-state index in [2.05, 4.69) is 47.8 Å². The number of carbonyl (C=O) groups excluding carboxylic acids is 1. The van der Waals surface area contributed by atoms with Crippen molar-refractivity contribution in [3.63, 3.8) is 0 Å². The maximum atomic E-state index is 12.1. The van der Waals surface area contributed by atoms with E-state index in [0.29, 0.717) is 18.2 Å². The molecule has 1 saturated heterocycles. The van der Waals surface area contributed by atoms with Gasteiger partial charge in [0, 0.05) is 25.3 Å². The molecule has 0 bridgehead atoms. The number of aromatic nitrogens is 1. The Hall–Kier alpha value is -2.70. The summed E-state index contributed by atoms with van der Waals surface area (Å²) in [5, 5.41) is 2.96. The van der Waals surface area contributed by atoms with E-state index < -0.39 is 0 Å². The van der Waals surface area contributed by atoms with E-state index in [0.717, 1.165) is 37.3 Å². The van der Waals surface area contributed by atoms with Gasteiger partial charge < -0.3 is 14.8 Å². The highest BCUT2D eigenvalue weighted by Gasteiger charge is 2.15. The standard InChI is InChI=1S/C25H28N2O3S/c1-17-3-5-21(6-4-17)25-18(2)24(27-31-25)20-7-9-22(10-8-20)30-16-23(28)26-15-19-11-13-29-14-12-19/h3-10,19H,11-16H2,1-2H3,(H,26,28). The Labute approximate surface area is 187 Å². The molecule has 0 saturated carbocycles. The highest BCUT2D eigenvalue weighted by Crippen LogP contribution is 2.35. The zero-order chi connectivity index (χ0) is 21.6. The van der Waals surface area contributed by atoms with E-state index in [1.807, 2.05) is 24.3 Å². The van der Waals surface area contributed by atoms with Gasteiger partial charge in [-0.05, 0) is 79.5 Å². The number of nitrogens with zero attached hydrogens (tertiary/aromatic N) is 1. The van der Waals surface area contributed by atoms with Crippen molar-refractivity contribution < 1.29 is 14.3 Å². The number of amides is 1. The zero-order valence-corrected chi connectivity index (χ0v) is 18.8. The van der Waals surface area contributed by atoms with Gasteiger partial charge in [0.2, 0.25) is 0 Å². The first-order chi connectivity index (χ1) is 15.1. The highest BCUT2D eigenvalue weighted by atomic mass is 32.1. The third-order valence-electron chi connectivity index (χ3n) is 5.66. The van der Waals surface area contributed by atoms with E-state index in [1.165, 1.54) is 33.1 Å². The van der Waals surface area contributed by atoms with Crippen molar-refractivity contribution in [2.75, 3.05) is 26.4 Å². The van der Waals surface area contributed by atoms with Crippen LogP contribution in [0, 0.1) is 19.8 Å². The number of rotatable bonds is 7. The fraction of sp³-hybridized carbons (Fsp3) is 0.360. The van der Waals surface area contributed by atoms with Crippen LogP contribution in [-0.2, 0) is 9.53 Å². The molecule has 1 N–H and O–H groups in total. The molecule has 1 fully saturated rings. The summed E-state index contributed by atoms with van der Waals surface area (Å²) >= 11 is 1.52. The number of hydrogen-bond donors (Lipinski definition) is 1. The first-order valence-corrected chi connectivity index (χ1v) is 11.5. The van der Waals surface area contributed by atoms with Crippen molar-refractivity contribution in [1.29, 1.82) is 0 Å². The van der Waals surface area contributed by atoms with Crippen LogP contribution in [0.4, 0.5) is 0 Å². The Morgan fingerprint density at radius 2 is 1.74 bits per heavy atom. The maximum absolute atomic E-state index is 12.1. The van der Waals surface area contributed by atoms with E-state index in [4.69, 9.17) is 9.47 Å². The van der Waals surface area contributed by atoms with Crippen molar-refractivity contribution in [1.82, 2.24) is 9.69 Å². The van der Waals surface area contributed by atoms with E-state index in [1.54, 1.807) is 0 Å². The van der Waals surface area contributed by atoms with Crippen LogP contribution in [0.3, 0.4) is 0 Å². The fourth-order valence-electron chi connectivity index (χ4n) is 3.70. The summed E-state index contributed by atoms with van der Waals surface area (Å²) in [7, 11) is 0. The smallest absolute Gasteiger partial charge is 0.257 e. The third-order valence-corrected chi connectivity index (χ3v) is 6.66. The first kappa shape index (κ1) is 21.5. The van der Waals surface area contributed by atoms with Gasteiger partial charge in [-0.3, -0.25) is 4.79 Å². The second kappa shape index (κ2) is 10.1. The average molecular weight is 437 g/mol. The molecule has 1 amide bonds. The lowest BCUT2D eigenvalue weighted by Gasteiger charge is -2.22. The van der Waals surface area contributed by atoms with Crippen molar-refractivity contribution >= 4 is 17.4 Å². The van der Waals surface area contributed by atoms with Crippen LogP contribution in [0.15, 0.2) is 48.5 Å². The predicted molar refractivity (Wildman–Crippen MR) is 125 cm³/mol. The number of ether oxygens (including phenoxy) is 2.